The Morgan fingerprint density at radius 3 is 2.61 bits per heavy atom. The van der Waals surface area contributed by atoms with Crippen molar-refractivity contribution in [1.82, 2.24) is 9.88 Å². The smallest absolute Gasteiger partial charge is 0.444 e. The van der Waals surface area contributed by atoms with Crippen molar-refractivity contribution in [2.45, 2.75) is 39.3 Å². The van der Waals surface area contributed by atoms with E-state index in [1.165, 1.54) is 6.20 Å². The Hall–Kier alpha value is -1.80. The van der Waals surface area contributed by atoms with Crippen LogP contribution >= 0.6 is 0 Å². The molecule has 2 rings (SSSR count). The van der Waals surface area contributed by atoms with E-state index in [4.69, 9.17) is 4.74 Å². The summed E-state index contributed by atoms with van der Waals surface area (Å²) in [5, 5.41) is 18.5. The molecule has 0 radical (unpaired) electrons. The van der Waals surface area contributed by atoms with Crippen LogP contribution in [0.4, 0.5) is 10.5 Å². The summed E-state index contributed by atoms with van der Waals surface area (Å²) in [7, 11) is -1.54. The molecule has 0 bridgehead atoms. The highest BCUT2D eigenvalue weighted by Gasteiger charge is 2.31. The highest BCUT2D eigenvalue weighted by Crippen LogP contribution is 2.19. The molecule has 7 nitrogen and oxygen atoms in total. The van der Waals surface area contributed by atoms with Crippen LogP contribution in [0.5, 0.6) is 0 Å². The fourth-order valence-electron chi connectivity index (χ4n) is 2.54. The zero-order chi connectivity index (χ0) is 17.2. The van der Waals surface area contributed by atoms with Crippen LogP contribution < -0.4 is 10.4 Å². The lowest BCUT2D eigenvalue weighted by Gasteiger charge is -2.41. The lowest BCUT2D eigenvalue weighted by molar-refractivity contribution is 0.0159. The molecule has 2 N–H and O–H groups in total. The normalized spacial score (nSPS) is 18.8. The SMILES string of the molecule is CC1CN(c2cncc(B(O)O)c2)CCN1C(=O)OC(C)(C)C. The molecular weight excluding hydrogens is 297 g/mol. The van der Waals surface area contributed by atoms with Crippen LogP contribution in [0.2, 0.25) is 0 Å². The molecule has 1 aliphatic heterocycles. The Balaban J connectivity index is 2.04. The molecule has 126 valence electrons. The number of hydrogen-bond acceptors (Lipinski definition) is 6. The number of carbonyl (C=O) groups is 1. The minimum absolute atomic E-state index is 0.0127. The average molecular weight is 321 g/mol. The summed E-state index contributed by atoms with van der Waals surface area (Å²) in [5.41, 5.74) is 0.653. The first-order valence-electron chi connectivity index (χ1n) is 7.73. The third-order valence-electron chi connectivity index (χ3n) is 3.66. The van der Waals surface area contributed by atoms with E-state index in [1.807, 2.05) is 27.7 Å². The number of amides is 1. The predicted octanol–water partition coefficient (Wildman–Crippen LogP) is 0.207. The number of ether oxygens (including phenoxy) is 1. The molecule has 0 aromatic carbocycles. The predicted molar refractivity (Wildman–Crippen MR) is 88.7 cm³/mol. The molecule has 0 saturated carbocycles. The van der Waals surface area contributed by atoms with E-state index in [0.29, 0.717) is 25.1 Å². The Labute approximate surface area is 137 Å². The highest BCUT2D eigenvalue weighted by molar-refractivity contribution is 6.58. The third-order valence-corrected chi connectivity index (χ3v) is 3.66. The molecule has 1 aromatic heterocycles. The van der Waals surface area contributed by atoms with Crippen LogP contribution in [0.3, 0.4) is 0 Å². The van der Waals surface area contributed by atoms with Crippen molar-refractivity contribution >= 4 is 24.4 Å². The fraction of sp³-hybridized carbons (Fsp3) is 0.600. The lowest BCUT2D eigenvalue weighted by Crippen LogP contribution is -2.55. The summed E-state index contributed by atoms with van der Waals surface area (Å²) in [6, 6.07) is 1.69. The first-order chi connectivity index (χ1) is 10.7. The number of nitrogens with zero attached hydrogens (tertiary/aromatic N) is 3. The molecule has 1 unspecified atom stereocenters. The van der Waals surface area contributed by atoms with Gasteiger partial charge in [-0.05, 0) is 33.8 Å². The monoisotopic (exact) mass is 321 g/mol. The molecule has 23 heavy (non-hydrogen) atoms. The number of rotatable bonds is 2. The summed E-state index contributed by atoms with van der Waals surface area (Å²) >= 11 is 0. The maximum Gasteiger partial charge on any atom is 0.490 e. The van der Waals surface area contributed by atoms with Gasteiger partial charge in [0, 0.05) is 37.3 Å². The van der Waals surface area contributed by atoms with Gasteiger partial charge in [0.25, 0.3) is 0 Å². The number of hydrogen-bond donors (Lipinski definition) is 2. The number of aromatic nitrogens is 1. The van der Waals surface area contributed by atoms with Crippen LogP contribution in [-0.2, 0) is 4.74 Å². The Kier molecular flexibility index (Phi) is 5.16. The van der Waals surface area contributed by atoms with E-state index in [-0.39, 0.29) is 12.1 Å². The summed E-state index contributed by atoms with van der Waals surface area (Å²) in [4.78, 5) is 20.1. The van der Waals surface area contributed by atoms with Gasteiger partial charge in [0.15, 0.2) is 0 Å². The van der Waals surface area contributed by atoms with Gasteiger partial charge in [-0.1, -0.05) is 0 Å². The van der Waals surface area contributed by atoms with Crippen LogP contribution in [0.25, 0.3) is 0 Å². The Morgan fingerprint density at radius 1 is 1.35 bits per heavy atom. The molecule has 1 aliphatic rings. The Morgan fingerprint density at radius 2 is 2.04 bits per heavy atom. The van der Waals surface area contributed by atoms with Crippen molar-refractivity contribution < 1.29 is 19.6 Å². The topological polar surface area (TPSA) is 86.1 Å². The number of carbonyl (C=O) groups excluding carboxylic acids is 1. The first kappa shape index (κ1) is 17.6. The van der Waals surface area contributed by atoms with Gasteiger partial charge in [-0.15, -0.1) is 0 Å². The van der Waals surface area contributed by atoms with Crippen molar-refractivity contribution in [3.63, 3.8) is 0 Å². The van der Waals surface area contributed by atoms with Gasteiger partial charge < -0.3 is 24.6 Å². The van der Waals surface area contributed by atoms with E-state index in [9.17, 15) is 14.8 Å². The Bertz CT molecular complexity index is 562. The van der Waals surface area contributed by atoms with Gasteiger partial charge in [0.2, 0.25) is 0 Å². The highest BCUT2D eigenvalue weighted by atomic mass is 16.6. The molecule has 1 atom stereocenters. The maximum absolute atomic E-state index is 12.2. The van der Waals surface area contributed by atoms with Gasteiger partial charge in [-0.3, -0.25) is 4.98 Å². The maximum atomic E-state index is 12.2. The molecule has 8 heteroatoms. The second-order valence-corrected chi connectivity index (χ2v) is 6.82. The largest absolute Gasteiger partial charge is 0.490 e. The van der Waals surface area contributed by atoms with Gasteiger partial charge in [0.1, 0.15) is 5.60 Å². The van der Waals surface area contributed by atoms with Gasteiger partial charge in [0.05, 0.1) is 11.9 Å². The van der Waals surface area contributed by atoms with Gasteiger partial charge in [-0.2, -0.15) is 0 Å². The lowest BCUT2D eigenvalue weighted by atomic mass is 9.81. The quantitative estimate of drug-likeness (QED) is 0.757. The summed E-state index contributed by atoms with van der Waals surface area (Å²) in [5.74, 6) is 0. The molecule has 1 aromatic rings. The van der Waals surface area contributed by atoms with E-state index in [2.05, 4.69) is 9.88 Å². The van der Waals surface area contributed by atoms with Crippen LogP contribution in [0, 0.1) is 0 Å². The van der Waals surface area contributed by atoms with E-state index >= 15 is 0 Å². The second kappa shape index (κ2) is 6.76. The van der Waals surface area contributed by atoms with Crippen molar-refractivity contribution in [3.05, 3.63) is 18.5 Å². The fourth-order valence-corrected chi connectivity index (χ4v) is 2.54. The average Bonchev–Trinajstić information content (AvgIpc) is 2.45. The zero-order valence-electron chi connectivity index (χ0n) is 14.1. The summed E-state index contributed by atoms with van der Waals surface area (Å²) in [6.45, 7) is 9.33. The first-order valence-corrected chi connectivity index (χ1v) is 7.73. The van der Waals surface area contributed by atoms with Crippen molar-refractivity contribution in [1.29, 1.82) is 0 Å². The third kappa shape index (κ3) is 4.59. The zero-order valence-corrected chi connectivity index (χ0v) is 14.1. The van der Waals surface area contributed by atoms with Crippen molar-refractivity contribution in [2.24, 2.45) is 0 Å². The number of pyridine rings is 1. The van der Waals surface area contributed by atoms with Crippen LogP contribution in [0.15, 0.2) is 18.5 Å². The van der Waals surface area contributed by atoms with Crippen LogP contribution in [-0.4, -0.2) is 64.4 Å². The summed E-state index contributed by atoms with van der Waals surface area (Å²) < 4.78 is 5.43. The molecule has 1 fully saturated rings. The molecule has 1 saturated heterocycles. The van der Waals surface area contributed by atoms with E-state index in [1.54, 1.807) is 17.2 Å². The van der Waals surface area contributed by atoms with E-state index in [0.717, 1.165) is 5.69 Å². The minimum atomic E-state index is -1.54. The van der Waals surface area contributed by atoms with E-state index < -0.39 is 12.7 Å². The number of anilines is 1. The number of piperazine rings is 1. The van der Waals surface area contributed by atoms with Crippen molar-refractivity contribution in [3.8, 4) is 0 Å². The molecule has 0 spiro atoms. The molecule has 1 amide bonds. The molecular formula is C15H24BN3O4. The second-order valence-electron chi connectivity index (χ2n) is 6.82. The van der Waals surface area contributed by atoms with Crippen LogP contribution in [0.1, 0.15) is 27.7 Å². The molecule has 2 heterocycles. The standard InChI is InChI=1S/C15H24BN3O4/c1-11-10-18(13-7-12(16(21)22)8-17-9-13)5-6-19(11)14(20)23-15(2,3)4/h7-9,11,21-22H,5-6,10H2,1-4H3. The van der Waals surface area contributed by atoms with Gasteiger partial charge in [-0.25, -0.2) is 4.79 Å². The van der Waals surface area contributed by atoms with Gasteiger partial charge >= 0.3 is 13.2 Å². The molecule has 0 aliphatic carbocycles. The summed E-state index contributed by atoms with van der Waals surface area (Å²) in [6.07, 6.45) is 2.80. The van der Waals surface area contributed by atoms with Crippen molar-refractivity contribution in [2.75, 3.05) is 24.5 Å². The minimum Gasteiger partial charge on any atom is -0.444 e.